The lowest BCUT2D eigenvalue weighted by Gasteiger charge is -2.13. The fourth-order valence-corrected chi connectivity index (χ4v) is 3.66. The second-order valence-corrected chi connectivity index (χ2v) is 7.92. The molecule has 0 aliphatic carbocycles. The molecule has 3 heterocycles. The zero-order valence-corrected chi connectivity index (χ0v) is 19.9. The number of benzene rings is 1. The van der Waals surface area contributed by atoms with Gasteiger partial charge in [-0.05, 0) is 30.3 Å². The molecule has 37 heavy (non-hydrogen) atoms. The Morgan fingerprint density at radius 2 is 2.00 bits per heavy atom. The number of carbonyl (C=O) groups excluding carboxylic acids is 1. The maximum absolute atomic E-state index is 13.4. The van der Waals surface area contributed by atoms with Gasteiger partial charge in [0, 0.05) is 22.9 Å². The molecule has 0 aliphatic heterocycles. The van der Waals surface area contributed by atoms with Crippen LogP contribution in [0.1, 0.15) is 21.6 Å². The van der Waals surface area contributed by atoms with E-state index >= 15 is 0 Å². The largest absolute Gasteiger partial charge is 0.480 e. The number of anilines is 2. The van der Waals surface area contributed by atoms with Crippen LogP contribution in [-0.4, -0.2) is 41.0 Å². The maximum atomic E-state index is 13.4. The summed E-state index contributed by atoms with van der Waals surface area (Å²) < 4.78 is 64.5. The molecule has 14 heteroatoms. The van der Waals surface area contributed by atoms with Crippen LogP contribution in [0.2, 0.25) is 5.02 Å². The number of carbonyl (C=O) groups is 1. The van der Waals surface area contributed by atoms with Gasteiger partial charge in [0.2, 0.25) is 5.88 Å². The van der Waals surface area contributed by atoms with Crippen LogP contribution in [-0.2, 0) is 10.9 Å². The third kappa shape index (κ3) is 4.85. The number of ether oxygens (including phenoxy) is 2. The van der Waals surface area contributed by atoms with E-state index in [2.05, 4.69) is 27.0 Å². The molecule has 0 atom stereocenters. The molecule has 4 rings (SSSR count). The van der Waals surface area contributed by atoms with Crippen molar-refractivity contribution in [2.24, 2.45) is 4.99 Å². The Hall–Kier alpha value is -4.39. The predicted octanol–water partition coefficient (Wildman–Crippen LogP) is 5.07. The summed E-state index contributed by atoms with van der Waals surface area (Å²) in [4.78, 5) is 20.7. The number of esters is 1. The van der Waals surface area contributed by atoms with E-state index in [9.17, 15) is 22.4 Å². The minimum absolute atomic E-state index is 0.00652. The first-order chi connectivity index (χ1) is 17.4. The van der Waals surface area contributed by atoms with Crippen LogP contribution < -0.4 is 15.8 Å². The standard InChI is InChI=1S/C23H17ClF4N6O3/c1-10(31-11-4-5-16(25)15(24)6-11)30-9-14-12-7-13(22(35)37-3)21(36-2)32-19(12)17-8-18(23(26,27)28)33-34(17)20(14)29/h4-9,31H,1,29H2,2-3H3/b30-9-. The quantitative estimate of drug-likeness (QED) is 0.201. The van der Waals surface area contributed by atoms with Crippen molar-refractivity contribution < 1.29 is 31.8 Å². The summed E-state index contributed by atoms with van der Waals surface area (Å²) in [6.07, 6.45) is -3.55. The molecule has 0 bridgehead atoms. The molecule has 0 fully saturated rings. The van der Waals surface area contributed by atoms with Crippen molar-refractivity contribution in [1.29, 1.82) is 0 Å². The summed E-state index contributed by atoms with van der Waals surface area (Å²) in [5, 5.41) is 6.42. The second-order valence-electron chi connectivity index (χ2n) is 7.52. The van der Waals surface area contributed by atoms with E-state index in [1.54, 1.807) is 0 Å². The zero-order valence-electron chi connectivity index (χ0n) is 19.2. The van der Waals surface area contributed by atoms with Gasteiger partial charge < -0.3 is 20.5 Å². The molecule has 4 aromatic rings. The van der Waals surface area contributed by atoms with Crippen LogP contribution >= 0.6 is 11.6 Å². The minimum atomic E-state index is -4.76. The molecule has 0 amide bonds. The van der Waals surface area contributed by atoms with E-state index in [1.165, 1.54) is 31.5 Å². The van der Waals surface area contributed by atoms with Crippen LogP contribution in [0.15, 0.2) is 47.7 Å². The van der Waals surface area contributed by atoms with Crippen molar-refractivity contribution in [2.45, 2.75) is 6.18 Å². The lowest BCUT2D eigenvalue weighted by Crippen LogP contribution is -2.10. The molecule has 3 N–H and O–H groups in total. The van der Waals surface area contributed by atoms with Gasteiger partial charge in [0.1, 0.15) is 28.5 Å². The number of hydrogen-bond donors (Lipinski definition) is 2. The van der Waals surface area contributed by atoms with Crippen molar-refractivity contribution in [3.63, 3.8) is 0 Å². The zero-order chi connectivity index (χ0) is 27.1. The maximum Gasteiger partial charge on any atom is 0.435 e. The first-order valence-corrected chi connectivity index (χ1v) is 10.6. The number of fused-ring (bicyclic) bond motifs is 3. The Morgan fingerprint density at radius 1 is 1.27 bits per heavy atom. The fourth-order valence-electron chi connectivity index (χ4n) is 3.48. The van der Waals surface area contributed by atoms with Gasteiger partial charge in [0.15, 0.2) is 5.69 Å². The lowest BCUT2D eigenvalue weighted by atomic mass is 10.1. The third-order valence-corrected chi connectivity index (χ3v) is 5.47. The first-order valence-electron chi connectivity index (χ1n) is 10.2. The number of nitrogens with one attached hydrogen (secondary N) is 1. The van der Waals surface area contributed by atoms with E-state index in [1.807, 2.05) is 0 Å². The van der Waals surface area contributed by atoms with Crippen LogP contribution in [0.3, 0.4) is 0 Å². The summed E-state index contributed by atoms with van der Waals surface area (Å²) in [5.41, 5.74) is 5.30. The molecular weight excluding hydrogens is 520 g/mol. The van der Waals surface area contributed by atoms with Gasteiger partial charge in [-0.1, -0.05) is 18.2 Å². The number of nitrogens with two attached hydrogens (primary N) is 1. The number of nitrogens with zero attached hydrogens (tertiary/aromatic N) is 4. The smallest absolute Gasteiger partial charge is 0.435 e. The Labute approximate surface area is 211 Å². The molecule has 0 saturated heterocycles. The Balaban J connectivity index is 1.91. The number of nitrogen functional groups attached to an aromatic ring is 1. The molecule has 3 aromatic heterocycles. The number of aliphatic imine (C=N–C) groups is 1. The van der Waals surface area contributed by atoms with Crippen molar-refractivity contribution >= 4 is 51.7 Å². The summed E-state index contributed by atoms with van der Waals surface area (Å²) in [6, 6.07) is 5.96. The highest BCUT2D eigenvalue weighted by molar-refractivity contribution is 6.31. The van der Waals surface area contributed by atoms with Crippen LogP contribution in [0.25, 0.3) is 16.4 Å². The van der Waals surface area contributed by atoms with Crippen LogP contribution in [0.5, 0.6) is 5.88 Å². The molecule has 0 unspecified atom stereocenters. The summed E-state index contributed by atoms with van der Waals surface area (Å²) in [6.45, 7) is 3.74. The molecule has 0 radical (unpaired) electrons. The molecular formula is C23H17ClF4N6O3. The second kappa shape index (κ2) is 9.58. The summed E-state index contributed by atoms with van der Waals surface area (Å²) >= 11 is 5.78. The molecule has 0 aliphatic rings. The third-order valence-electron chi connectivity index (χ3n) is 5.18. The van der Waals surface area contributed by atoms with Crippen molar-refractivity contribution in [3.05, 3.63) is 70.4 Å². The van der Waals surface area contributed by atoms with Crippen molar-refractivity contribution in [1.82, 2.24) is 14.6 Å². The average molecular weight is 537 g/mol. The van der Waals surface area contributed by atoms with Crippen LogP contribution in [0, 0.1) is 5.82 Å². The first kappa shape index (κ1) is 25.7. The van der Waals surface area contributed by atoms with Gasteiger partial charge >= 0.3 is 12.1 Å². The highest BCUT2D eigenvalue weighted by Gasteiger charge is 2.35. The van der Waals surface area contributed by atoms with Gasteiger partial charge in [-0.3, -0.25) is 0 Å². The predicted molar refractivity (Wildman–Crippen MR) is 130 cm³/mol. The Bertz CT molecular complexity index is 1600. The topological polar surface area (TPSA) is 116 Å². The fraction of sp³-hybridized carbons (Fsp3) is 0.130. The SMILES string of the molecule is C=C(/N=C\c1c(N)n2nc(C(F)(F)F)cc2c2nc(OC)c(C(=O)OC)cc12)Nc1ccc(F)c(Cl)c1. The van der Waals surface area contributed by atoms with Gasteiger partial charge in [0.25, 0.3) is 0 Å². The number of methoxy groups -OCH3 is 2. The Kier molecular flexibility index (Phi) is 6.65. The van der Waals surface area contributed by atoms with E-state index in [-0.39, 0.29) is 50.1 Å². The van der Waals surface area contributed by atoms with Crippen molar-refractivity contribution in [2.75, 3.05) is 25.3 Å². The molecule has 0 spiro atoms. The average Bonchev–Trinajstić information content (AvgIpc) is 3.32. The number of rotatable bonds is 6. The number of hydrogen-bond acceptors (Lipinski definition) is 8. The van der Waals surface area contributed by atoms with E-state index in [0.717, 1.165) is 23.8 Å². The highest BCUT2D eigenvalue weighted by atomic mass is 35.5. The number of pyridine rings is 2. The number of aromatic nitrogens is 3. The van der Waals surface area contributed by atoms with Gasteiger partial charge in [-0.25, -0.2) is 23.7 Å². The highest BCUT2D eigenvalue weighted by Crippen LogP contribution is 2.35. The van der Waals surface area contributed by atoms with E-state index in [4.69, 9.17) is 26.8 Å². The number of alkyl halides is 3. The van der Waals surface area contributed by atoms with Crippen molar-refractivity contribution in [3.8, 4) is 5.88 Å². The molecule has 9 nitrogen and oxygen atoms in total. The van der Waals surface area contributed by atoms with Crippen LogP contribution in [0.4, 0.5) is 29.1 Å². The minimum Gasteiger partial charge on any atom is -0.480 e. The van der Waals surface area contributed by atoms with E-state index < -0.39 is 23.7 Å². The Morgan fingerprint density at radius 3 is 2.62 bits per heavy atom. The van der Waals surface area contributed by atoms with E-state index in [0.29, 0.717) is 5.69 Å². The summed E-state index contributed by atoms with van der Waals surface area (Å²) in [7, 11) is 2.39. The van der Waals surface area contributed by atoms with Gasteiger partial charge in [0.05, 0.1) is 24.8 Å². The molecule has 0 saturated carbocycles. The monoisotopic (exact) mass is 536 g/mol. The van der Waals surface area contributed by atoms with Gasteiger partial charge in [-0.15, -0.1) is 0 Å². The normalized spacial score (nSPS) is 11.9. The van der Waals surface area contributed by atoms with Gasteiger partial charge in [-0.2, -0.15) is 18.3 Å². The molecule has 1 aromatic carbocycles. The molecule has 192 valence electrons. The number of halogens is 5. The lowest BCUT2D eigenvalue weighted by molar-refractivity contribution is -0.141. The summed E-state index contributed by atoms with van der Waals surface area (Å²) in [5.74, 6) is -1.75.